The molecule has 0 atom stereocenters. The second kappa shape index (κ2) is 11.5. The van der Waals surface area contributed by atoms with Gasteiger partial charge in [-0.3, -0.25) is 0 Å². The fourth-order valence-electron chi connectivity index (χ4n) is 1.66. The van der Waals surface area contributed by atoms with Crippen LogP contribution in [0.1, 0.15) is 19.8 Å². The van der Waals surface area contributed by atoms with Crippen LogP contribution in [0.3, 0.4) is 0 Å². The lowest BCUT2D eigenvalue weighted by Crippen LogP contribution is -2.27. The van der Waals surface area contributed by atoms with Gasteiger partial charge in [0.15, 0.2) is 0 Å². The third-order valence-corrected chi connectivity index (χ3v) is 3.02. The summed E-state index contributed by atoms with van der Waals surface area (Å²) in [5.41, 5.74) is 1.14. The molecule has 0 spiro atoms. The highest BCUT2D eigenvalue weighted by Gasteiger charge is 2.05. The van der Waals surface area contributed by atoms with E-state index in [4.69, 9.17) is 27.9 Å². The van der Waals surface area contributed by atoms with E-state index < -0.39 is 0 Å². The number of rotatable bonds is 9. The molecule has 0 aromatic heterocycles. The van der Waals surface area contributed by atoms with Gasteiger partial charge in [0.25, 0.3) is 0 Å². The molecule has 0 amide bonds. The number of hydrogen-bond donors (Lipinski definition) is 0. The summed E-state index contributed by atoms with van der Waals surface area (Å²) in [5, 5.41) is 0. The molecule has 0 aliphatic carbocycles. The predicted molar refractivity (Wildman–Crippen MR) is 87.7 cm³/mol. The lowest BCUT2D eigenvalue weighted by atomic mass is 10.2. The average molecular weight is 327 g/mol. The van der Waals surface area contributed by atoms with Gasteiger partial charge in [-0.2, -0.15) is 0 Å². The van der Waals surface area contributed by atoms with Crippen LogP contribution in [0, 0.1) is 0 Å². The van der Waals surface area contributed by atoms with E-state index in [-0.39, 0.29) is 12.4 Å². The molecule has 0 saturated carbocycles. The first-order valence-electron chi connectivity index (χ1n) is 6.41. The molecule has 1 rings (SSSR count). The quantitative estimate of drug-likeness (QED) is 0.487. The lowest BCUT2D eigenvalue weighted by molar-refractivity contribution is 0.309. The van der Waals surface area contributed by atoms with Crippen molar-refractivity contribution in [1.29, 1.82) is 0 Å². The monoisotopic (exact) mass is 325 g/mol. The smallest absolute Gasteiger partial charge is 0.119 e. The van der Waals surface area contributed by atoms with E-state index >= 15 is 0 Å². The van der Waals surface area contributed by atoms with Gasteiger partial charge in [0.1, 0.15) is 5.75 Å². The minimum atomic E-state index is 0. The molecule has 0 heterocycles. The largest absolute Gasteiger partial charge is 0.494 e. The molecule has 5 heteroatoms. The van der Waals surface area contributed by atoms with Crippen molar-refractivity contribution in [2.45, 2.75) is 19.8 Å². The van der Waals surface area contributed by atoms with Crippen LogP contribution in [0.5, 0.6) is 5.75 Å². The van der Waals surface area contributed by atoms with E-state index in [1.54, 1.807) is 0 Å². The van der Waals surface area contributed by atoms with Crippen LogP contribution >= 0.6 is 35.6 Å². The van der Waals surface area contributed by atoms with Crippen molar-refractivity contribution >= 4 is 41.3 Å². The van der Waals surface area contributed by atoms with E-state index in [1.807, 2.05) is 12.1 Å². The first-order chi connectivity index (χ1) is 8.81. The summed E-state index contributed by atoms with van der Waals surface area (Å²) in [6.45, 7) is 4.56. The van der Waals surface area contributed by atoms with Crippen LogP contribution in [0.25, 0.3) is 0 Å². The highest BCUT2D eigenvalue weighted by Crippen LogP contribution is 2.19. The van der Waals surface area contributed by atoms with Crippen molar-refractivity contribution in [3.63, 3.8) is 0 Å². The van der Waals surface area contributed by atoms with Crippen molar-refractivity contribution in [2.75, 3.05) is 36.4 Å². The minimum absolute atomic E-state index is 0. The van der Waals surface area contributed by atoms with Gasteiger partial charge in [-0.05, 0) is 30.7 Å². The van der Waals surface area contributed by atoms with Gasteiger partial charge >= 0.3 is 0 Å². The molecule has 0 fully saturated rings. The summed E-state index contributed by atoms with van der Waals surface area (Å²) in [5.74, 6) is 2.13. The molecule has 19 heavy (non-hydrogen) atoms. The first-order valence-corrected chi connectivity index (χ1v) is 7.48. The third kappa shape index (κ3) is 7.14. The van der Waals surface area contributed by atoms with Crippen LogP contribution in [-0.2, 0) is 0 Å². The summed E-state index contributed by atoms with van der Waals surface area (Å²) in [6, 6.07) is 8.11. The minimum Gasteiger partial charge on any atom is -0.494 e. The number of unbranched alkanes of at least 4 members (excludes halogenated alkanes) is 1. The van der Waals surface area contributed by atoms with Gasteiger partial charge in [-0.15, -0.1) is 35.6 Å². The first kappa shape index (κ1) is 18.7. The summed E-state index contributed by atoms with van der Waals surface area (Å²) in [4.78, 5) is 2.18. The number of halogens is 3. The molecule has 0 N–H and O–H groups in total. The zero-order chi connectivity index (χ0) is 13.2. The zero-order valence-electron chi connectivity index (χ0n) is 11.3. The second-order valence-electron chi connectivity index (χ2n) is 4.06. The second-order valence-corrected chi connectivity index (χ2v) is 4.82. The van der Waals surface area contributed by atoms with Crippen molar-refractivity contribution < 1.29 is 4.74 Å². The van der Waals surface area contributed by atoms with Gasteiger partial charge in [0.2, 0.25) is 0 Å². The maximum atomic E-state index is 5.79. The fourth-order valence-corrected chi connectivity index (χ4v) is 2.07. The number of alkyl halides is 2. The zero-order valence-corrected chi connectivity index (χ0v) is 13.6. The highest BCUT2D eigenvalue weighted by atomic mass is 35.5. The Morgan fingerprint density at radius 1 is 1.05 bits per heavy atom. The normalized spacial score (nSPS) is 9.84. The molecule has 1 aromatic carbocycles. The Hall–Kier alpha value is -0.310. The molecular formula is C14H22Cl3NO. The third-order valence-electron chi connectivity index (χ3n) is 2.68. The Balaban J connectivity index is 0.00000324. The molecule has 0 bridgehead atoms. The van der Waals surface area contributed by atoms with E-state index in [2.05, 4.69) is 24.0 Å². The van der Waals surface area contributed by atoms with Crippen molar-refractivity contribution in [1.82, 2.24) is 0 Å². The summed E-state index contributed by atoms with van der Waals surface area (Å²) in [6.07, 6.45) is 2.24. The maximum Gasteiger partial charge on any atom is 0.119 e. The van der Waals surface area contributed by atoms with Crippen molar-refractivity contribution in [3.05, 3.63) is 24.3 Å². The number of anilines is 1. The number of benzene rings is 1. The van der Waals surface area contributed by atoms with Crippen LogP contribution < -0.4 is 9.64 Å². The maximum absolute atomic E-state index is 5.79. The van der Waals surface area contributed by atoms with Crippen molar-refractivity contribution in [3.8, 4) is 5.75 Å². The fraction of sp³-hybridized carbons (Fsp3) is 0.571. The number of ether oxygens (including phenoxy) is 1. The molecule has 0 saturated heterocycles. The highest BCUT2D eigenvalue weighted by molar-refractivity contribution is 6.18. The Morgan fingerprint density at radius 2 is 1.63 bits per heavy atom. The molecule has 110 valence electrons. The molecule has 0 aliphatic rings. The van der Waals surface area contributed by atoms with Crippen LogP contribution in [-0.4, -0.2) is 31.5 Å². The molecule has 2 nitrogen and oxygen atoms in total. The standard InChI is InChI=1S/C14H21Cl2NO.ClH/c1-2-3-12-18-14-6-4-13(5-7-14)17(10-8-15)11-9-16;/h4-7H,2-3,8-12H2,1H3;1H. The van der Waals surface area contributed by atoms with Gasteiger partial charge in [0, 0.05) is 30.5 Å². The lowest BCUT2D eigenvalue weighted by Gasteiger charge is -2.23. The average Bonchev–Trinajstić information content (AvgIpc) is 2.40. The summed E-state index contributed by atoms with van der Waals surface area (Å²) < 4.78 is 5.63. The van der Waals surface area contributed by atoms with Crippen molar-refractivity contribution in [2.24, 2.45) is 0 Å². The van der Waals surface area contributed by atoms with E-state index in [0.717, 1.165) is 44.0 Å². The van der Waals surface area contributed by atoms with Crippen LogP contribution in [0.4, 0.5) is 5.69 Å². The molecule has 0 aliphatic heterocycles. The molecular weight excluding hydrogens is 305 g/mol. The topological polar surface area (TPSA) is 12.5 Å². The van der Waals surface area contributed by atoms with Gasteiger partial charge in [-0.1, -0.05) is 13.3 Å². The summed E-state index contributed by atoms with van der Waals surface area (Å²) >= 11 is 11.6. The number of nitrogens with zero attached hydrogens (tertiary/aromatic N) is 1. The number of hydrogen-bond acceptors (Lipinski definition) is 2. The van der Waals surface area contributed by atoms with E-state index in [9.17, 15) is 0 Å². The van der Waals surface area contributed by atoms with Crippen LogP contribution in [0.2, 0.25) is 0 Å². The molecule has 0 radical (unpaired) electrons. The predicted octanol–water partition coefficient (Wildman–Crippen LogP) is 4.57. The van der Waals surface area contributed by atoms with E-state index in [0.29, 0.717) is 11.8 Å². The Kier molecular flexibility index (Phi) is 11.3. The molecule has 0 unspecified atom stereocenters. The summed E-state index contributed by atoms with van der Waals surface area (Å²) in [7, 11) is 0. The van der Waals surface area contributed by atoms with Gasteiger partial charge < -0.3 is 9.64 Å². The van der Waals surface area contributed by atoms with Gasteiger partial charge in [-0.25, -0.2) is 0 Å². The van der Waals surface area contributed by atoms with Crippen LogP contribution in [0.15, 0.2) is 24.3 Å². The van der Waals surface area contributed by atoms with Gasteiger partial charge in [0.05, 0.1) is 6.61 Å². The SMILES string of the molecule is CCCCOc1ccc(N(CCCl)CCCl)cc1.Cl. The Labute approximate surface area is 132 Å². The molecule has 1 aromatic rings. The Bertz CT molecular complexity index is 313. The van der Waals surface area contributed by atoms with E-state index in [1.165, 1.54) is 0 Å². The Morgan fingerprint density at radius 3 is 2.11 bits per heavy atom.